The van der Waals surface area contributed by atoms with Crippen molar-refractivity contribution in [1.82, 2.24) is 0 Å². The maximum absolute atomic E-state index is 11.6. The quantitative estimate of drug-likeness (QED) is 0.717. The highest BCUT2D eigenvalue weighted by molar-refractivity contribution is 6.75. The Balaban J connectivity index is 4.41. The molecule has 0 aromatic heterocycles. The van der Waals surface area contributed by atoms with Crippen LogP contribution < -0.4 is 5.73 Å². The summed E-state index contributed by atoms with van der Waals surface area (Å²) >= 11 is 0. The van der Waals surface area contributed by atoms with Gasteiger partial charge < -0.3 is 15.3 Å². The monoisotopic (exact) mass is 233 g/mol. The Kier molecular flexibility index (Phi) is 4.96. The third-order valence-corrected chi connectivity index (χ3v) is 7.23. The molecule has 0 amide bonds. The molecule has 0 rings (SSSR count). The lowest BCUT2D eigenvalue weighted by Crippen LogP contribution is -2.47. The molecule has 3 N–H and O–H groups in total. The molecule has 0 aliphatic carbocycles. The van der Waals surface area contributed by atoms with E-state index in [9.17, 15) is 4.79 Å². The molecular weight excluding hydrogens is 210 g/mol. The van der Waals surface area contributed by atoms with Crippen molar-refractivity contribution in [2.45, 2.75) is 51.4 Å². The van der Waals surface area contributed by atoms with Crippen LogP contribution in [0.1, 0.15) is 27.2 Å². The molecule has 0 unspecified atom stereocenters. The first-order valence-corrected chi connectivity index (χ1v) is 8.12. The fourth-order valence-electron chi connectivity index (χ4n) is 0.737. The van der Waals surface area contributed by atoms with Crippen molar-refractivity contribution >= 4 is 14.3 Å². The van der Waals surface area contributed by atoms with E-state index in [0.717, 1.165) is 0 Å². The van der Waals surface area contributed by atoms with Gasteiger partial charge in [0.15, 0.2) is 0 Å². The normalized spacial score (nSPS) is 14.9. The number of rotatable bonds is 4. The van der Waals surface area contributed by atoms with Crippen molar-refractivity contribution < 1.29 is 14.3 Å². The van der Waals surface area contributed by atoms with E-state index in [-0.39, 0.29) is 18.1 Å². The molecule has 0 aliphatic heterocycles. The third kappa shape index (κ3) is 4.32. The summed E-state index contributed by atoms with van der Waals surface area (Å²) in [6.45, 7) is 10.1. The van der Waals surface area contributed by atoms with Gasteiger partial charge in [-0.1, -0.05) is 20.8 Å². The Hall–Kier alpha value is -0.393. The van der Waals surface area contributed by atoms with Gasteiger partial charge >= 0.3 is 5.97 Å². The maximum Gasteiger partial charge on any atom is 0.309 e. The Labute approximate surface area is 92.9 Å². The largest absolute Gasteiger partial charge is 0.518 e. The number of hydrogen-bond acceptors (Lipinski definition) is 4. The van der Waals surface area contributed by atoms with E-state index in [0.29, 0.717) is 0 Å². The zero-order chi connectivity index (χ0) is 12.3. The number of aliphatic hydroxyl groups excluding tert-OH is 1. The smallest absolute Gasteiger partial charge is 0.309 e. The minimum absolute atomic E-state index is 0.0123. The van der Waals surface area contributed by atoms with Crippen molar-refractivity contribution in [3.63, 3.8) is 0 Å². The molecule has 0 aromatic rings. The first kappa shape index (κ1) is 14.6. The van der Waals surface area contributed by atoms with Gasteiger partial charge in [0.2, 0.25) is 0 Å². The molecular formula is C10H23NO3Si. The lowest BCUT2D eigenvalue weighted by molar-refractivity contribution is -0.137. The first-order chi connectivity index (χ1) is 6.62. The van der Waals surface area contributed by atoms with Crippen LogP contribution in [0.5, 0.6) is 0 Å². The Morgan fingerprint density at radius 3 is 2.27 bits per heavy atom. The van der Waals surface area contributed by atoms with Crippen LogP contribution in [0.15, 0.2) is 0 Å². The Morgan fingerprint density at radius 1 is 1.47 bits per heavy atom. The van der Waals surface area contributed by atoms with E-state index < -0.39 is 20.3 Å². The van der Waals surface area contributed by atoms with Crippen molar-refractivity contribution in [3.8, 4) is 0 Å². The van der Waals surface area contributed by atoms with Gasteiger partial charge in [0.1, 0.15) is 6.04 Å². The van der Waals surface area contributed by atoms with Crippen molar-refractivity contribution in [2.75, 3.05) is 6.61 Å². The number of nitrogens with two attached hydrogens (primary N) is 1. The van der Waals surface area contributed by atoms with Crippen LogP contribution in [0, 0.1) is 0 Å². The predicted octanol–water partition coefficient (Wildman–Crippen LogP) is 1.24. The van der Waals surface area contributed by atoms with Gasteiger partial charge in [-0.3, -0.25) is 4.79 Å². The van der Waals surface area contributed by atoms with Crippen molar-refractivity contribution in [3.05, 3.63) is 0 Å². The van der Waals surface area contributed by atoms with E-state index >= 15 is 0 Å². The standard InChI is InChI=1S/C10H23NO3Si/c1-10(2,3)15(4,5)14-9(13)8(11)6-7-12/h8,12H,6-7,11H2,1-5H3/t8-/m0/s1. The molecule has 0 spiro atoms. The average Bonchev–Trinajstić information content (AvgIpc) is 2.01. The fraction of sp³-hybridized carbons (Fsp3) is 0.900. The fourth-order valence-corrected chi connectivity index (χ4v) is 1.70. The third-order valence-electron chi connectivity index (χ3n) is 2.90. The maximum atomic E-state index is 11.6. The number of hydrogen-bond donors (Lipinski definition) is 2. The van der Waals surface area contributed by atoms with Crippen LogP contribution >= 0.6 is 0 Å². The second kappa shape index (κ2) is 5.09. The molecule has 0 aromatic carbocycles. The van der Waals surface area contributed by atoms with Crippen LogP contribution in [0.2, 0.25) is 18.1 Å². The van der Waals surface area contributed by atoms with Crippen LogP contribution in [0.4, 0.5) is 0 Å². The summed E-state index contributed by atoms with van der Waals surface area (Å²) in [6.07, 6.45) is 0.257. The van der Waals surface area contributed by atoms with E-state index in [2.05, 4.69) is 20.8 Å². The summed E-state index contributed by atoms with van der Waals surface area (Å²) in [5.41, 5.74) is 5.57. The van der Waals surface area contributed by atoms with Gasteiger partial charge in [-0.15, -0.1) is 0 Å². The van der Waals surface area contributed by atoms with Gasteiger partial charge in [-0.2, -0.15) is 0 Å². The van der Waals surface area contributed by atoms with Crippen LogP contribution in [-0.4, -0.2) is 32.0 Å². The lowest BCUT2D eigenvalue weighted by atomic mass is 10.2. The van der Waals surface area contributed by atoms with Crippen LogP contribution in [0.3, 0.4) is 0 Å². The van der Waals surface area contributed by atoms with Gasteiger partial charge in [-0.25, -0.2) is 0 Å². The number of aliphatic hydroxyl groups is 1. The van der Waals surface area contributed by atoms with E-state index in [1.807, 2.05) is 13.1 Å². The van der Waals surface area contributed by atoms with Crippen molar-refractivity contribution in [2.24, 2.45) is 5.73 Å². The Bertz CT molecular complexity index is 223. The molecule has 4 nitrogen and oxygen atoms in total. The summed E-state index contributed by atoms with van der Waals surface area (Å²) in [5, 5.41) is 8.66. The van der Waals surface area contributed by atoms with E-state index in [4.69, 9.17) is 15.3 Å². The molecule has 0 heterocycles. The predicted molar refractivity (Wildman–Crippen MR) is 63.0 cm³/mol. The zero-order valence-electron chi connectivity index (χ0n) is 10.3. The van der Waals surface area contributed by atoms with Crippen LogP contribution in [-0.2, 0) is 9.22 Å². The highest BCUT2D eigenvalue weighted by Gasteiger charge is 2.41. The van der Waals surface area contributed by atoms with Gasteiger partial charge in [-0.05, 0) is 24.6 Å². The lowest BCUT2D eigenvalue weighted by Gasteiger charge is -2.36. The van der Waals surface area contributed by atoms with Gasteiger partial charge in [0.05, 0.1) is 0 Å². The molecule has 0 bridgehead atoms. The molecule has 90 valence electrons. The Morgan fingerprint density at radius 2 is 1.93 bits per heavy atom. The number of carbonyl (C=O) groups excluding carboxylic acids is 1. The van der Waals surface area contributed by atoms with Gasteiger partial charge in [0.25, 0.3) is 8.32 Å². The minimum atomic E-state index is -2.07. The summed E-state index contributed by atoms with van der Waals surface area (Å²) in [7, 11) is -2.07. The van der Waals surface area contributed by atoms with E-state index in [1.165, 1.54) is 0 Å². The average molecular weight is 233 g/mol. The summed E-state index contributed by atoms with van der Waals surface area (Å²) in [6, 6.07) is -0.705. The summed E-state index contributed by atoms with van der Waals surface area (Å²) in [4.78, 5) is 11.6. The molecule has 0 fully saturated rings. The molecule has 15 heavy (non-hydrogen) atoms. The SMILES string of the molecule is CC(C)(C)[Si](C)(C)OC(=O)[C@@H](N)CCO. The zero-order valence-corrected chi connectivity index (χ0v) is 11.3. The second-order valence-electron chi connectivity index (χ2n) is 5.30. The van der Waals surface area contributed by atoms with E-state index in [1.54, 1.807) is 0 Å². The molecule has 5 heteroatoms. The van der Waals surface area contributed by atoms with Gasteiger partial charge in [0, 0.05) is 6.61 Å². The summed E-state index contributed by atoms with van der Waals surface area (Å²) < 4.78 is 5.48. The number of carbonyl (C=O) groups is 1. The molecule has 0 saturated carbocycles. The minimum Gasteiger partial charge on any atom is -0.518 e. The first-order valence-electron chi connectivity index (χ1n) is 5.21. The molecule has 0 radical (unpaired) electrons. The highest BCUT2D eigenvalue weighted by Crippen LogP contribution is 2.36. The molecule has 1 atom stereocenters. The summed E-state index contributed by atoms with van der Waals surface area (Å²) in [5.74, 6) is -0.393. The van der Waals surface area contributed by atoms with Crippen molar-refractivity contribution in [1.29, 1.82) is 0 Å². The highest BCUT2D eigenvalue weighted by atomic mass is 28.4. The molecule has 0 saturated heterocycles. The topological polar surface area (TPSA) is 72.5 Å². The van der Waals surface area contributed by atoms with Crippen LogP contribution in [0.25, 0.3) is 0 Å². The second-order valence-corrected chi connectivity index (χ2v) is 10.0. The molecule has 0 aliphatic rings.